The van der Waals surface area contributed by atoms with Gasteiger partial charge in [-0.15, -0.1) is 10.2 Å². The number of nitrogens with two attached hydrogens (primary N) is 1. The van der Waals surface area contributed by atoms with Gasteiger partial charge in [-0.2, -0.15) is 0 Å². The minimum atomic E-state index is 0.358. The lowest BCUT2D eigenvalue weighted by atomic mass is 10.1. The van der Waals surface area contributed by atoms with Crippen molar-refractivity contribution in [2.24, 2.45) is 12.8 Å². The Kier molecular flexibility index (Phi) is 4.29. The number of rotatable bonds is 5. The molecule has 0 amide bonds. The molecule has 106 valence electrons. The van der Waals surface area contributed by atoms with Gasteiger partial charge in [0.2, 0.25) is 0 Å². The SMILES string of the molecule is Cc1cc(C)c(C(N)=S)c(NCCc2nncn2C)n1. The third-order valence-electron chi connectivity index (χ3n) is 3.04. The number of anilines is 1. The molecule has 7 heteroatoms. The third kappa shape index (κ3) is 3.11. The van der Waals surface area contributed by atoms with Crippen molar-refractivity contribution < 1.29 is 0 Å². The summed E-state index contributed by atoms with van der Waals surface area (Å²) in [6, 6.07) is 1.97. The van der Waals surface area contributed by atoms with Crippen LogP contribution in [0.1, 0.15) is 22.6 Å². The second-order valence-corrected chi connectivity index (χ2v) is 5.14. The maximum Gasteiger partial charge on any atom is 0.136 e. The highest BCUT2D eigenvalue weighted by Gasteiger charge is 2.11. The Bertz CT molecular complexity index is 634. The van der Waals surface area contributed by atoms with Crippen molar-refractivity contribution in [1.82, 2.24) is 19.7 Å². The van der Waals surface area contributed by atoms with Gasteiger partial charge in [-0.3, -0.25) is 0 Å². The van der Waals surface area contributed by atoms with Crippen LogP contribution in [0.15, 0.2) is 12.4 Å². The summed E-state index contributed by atoms with van der Waals surface area (Å²) >= 11 is 5.10. The molecule has 0 unspecified atom stereocenters. The fourth-order valence-electron chi connectivity index (χ4n) is 2.10. The molecule has 3 N–H and O–H groups in total. The van der Waals surface area contributed by atoms with Gasteiger partial charge in [-0.05, 0) is 25.5 Å². The standard InChI is InChI=1S/C13H18N6S/c1-8-6-9(2)17-13(11(8)12(14)20)15-5-4-10-18-16-7-19(10)3/h6-7H,4-5H2,1-3H3,(H2,14,20)(H,15,17). The van der Waals surface area contributed by atoms with Crippen LogP contribution in [0.2, 0.25) is 0 Å². The fourth-order valence-corrected chi connectivity index (χ4v) is 2.36. The van der Waals surface area contributed by atoms with Gasteiger partial charge < -0.3 is 15.6 Å². The van der Waals surface area contributed by atoms with E-state index >= 15 is 0 Å². The lowest BCUT2D eigenvalue weighted by Gasteiger charge is -2.13. The Hall–Kier alpha value is -2.02. The quantitative estimate of drug-likeness (QED) is 0.803. The molecular formula is C13H18N6S. The van der Waals surface area contributed by atoms with E-state index in [1.807, 2.05) is 31.5 Å². The molecule has 0 atom stereocenters. The topological polar surface area (TPSA) is 81.6 Å². The van der Waals surface area contributed by atoms with Gasteiger partial charge in [-0.25, -0.2) is 4.98 Å². The predicted molar refractivity (Wildman–Crippen MR) is 82.8 cm³/mol. The molecule has 2 aromatic rings. The van der Waals surface area contributed by atoms with E-state index in [4.69, 9.17) is 18.0 Å². The van der Waals surface area contributed by atoms with Crippen LogP contribution >= 0.6 is 12.2 Å². The third-order valence-corrected chi connectivity index (χ3v) is 3.24. The molecule has 0 aromatic carbocycles. The van der Waals surface area contributed by atoms with Crippen molar-refractivity contribution >= 4 is 23.0 Å². The molecule has 2 aromatic heterocycles. The second kappa shape index (κ2) is 5.96. The largest absolute Gasteiger partial charge is 0.389 e. The number of pyridine rings is 1. The van der Waals surface area contributed by atoms with Crippen LogP contribution in [-0.2, 0) is 13.5 Å². The zero-order chi connectivity index (χ0) is 14.7. The molecule has 2 rings (SSSR count). The van der Waals surface area contributed by atoms with Crippen molar-refractivity contribution in [3.05, 3.63) is 35.0 Å². The Morgan fingerprint density at radius 2 is 2.20 bits per heavy atom. The smallest absolute Gasteiger partial charge is 0.136 e. The van der Waals surface area contributed by atoms with Gasteiger partial charge in [0.25, 0.3) is 0 Å². The molecule has 0 radical (unpaired) electrons. The van der Waals surface area contributed by atoms with E-state index in [2.05, 4.69) is 20.5 Å². The van der Waals surface area contributed by atoms with Crippen LogP contribution in [0.3, 0.4) is 0 Å². The molecule has 0 spiro atoms. The minimum absolute atomic E-state index is 0.358. The van der Waals surface area contributed by atoms with Gasteiger partial charge in [0, 0.05) is 25.7 Å². The summed E-state index contributed by atoms with van der Waals surface area (Å²) in [5, 5.41) is 11.2. The van der Waals surface area contributed by atoms with Gasteiger partial charge in [0.05, 0.1) is 5.56 Å². The van der Waals surface area contributed by atoms with Crippen LogP contribution in [0.25, 0.3) is 0 Å². The maximum absolute atomic E-state index is 5.78. The van der Waals surface area contributed by atoms with Gasteiger partial charge in [-0.1, -0.05) is 12.2 Å². The lowest BCUT2D eigenvalue weighted by Crippen LogP contribution is -2.18. The normalized spacial score (nSPS) is 10.6. The molecule has 0 aliphatic carbocycles. The monoisotopic (exact) mass is 290 g/mol. The Morgan fingerprint density at radius 3 is 2.80 bits per heavy atom. The summed E-state index contributed by atoms with van der Waals surface area (Å²) in [5.41, 5.74) is 8.56. The molecule has 2 heterocycles. The highest BCUT2D eigenvalue weighted by atomic mass is 32.1. The van der Waals surface area contributed by atoms with Gasteiger partial charge in [0.15, 0.2) is 0 Å². The molecular weight excluding hydrogens is 272 g/mol. The van der Waals surface area contributed by atoms with Crippen LogP contribution in [0, 0.1) is 13.8 Å². The predicted octanol–water partition coefficient (Wildman–Crippen LogP) is 1.12. The average molecular weight is 290 g/mol. The Morgan fingerprint density at radius 1 is 1.45 bits per heavy atom. The van der Waals surface area contributed by atoms with E-state index in [1.54, 1.807) is 6.33 Å². The first-order valence-corrected chi connectivity index (χ1v) is 6.74. The summed E-state index contributed by atoms with van der Waals surface area (Å²) in [5.74, 6) is 1.65. The highest BCUT2D eigenvalue weighted by Crippen LogP contribution is 2.18. The second-order valence-electron chi connectivity index (χ2n) is 4.70. The molecule has 0 fully saturated rings. The van der Waals surface area contributed by atoms with Crippen LogP contribution in [0.4, 0.5) is 5.82 Å². The van der Waals surface area contributed by atoms with Crippen molar-refractivity contribution in [3.63, 3.8) is 0 Å². The summed E-state index contributed by atoms with van der Waals surface area (Å²) in [6.45, 7) is 4.62. The summed E-state index contributed by atoms with van der Waals surface area (Å²) in [4.78, 5) is 4.83. The summed E-state index contributed by atoms with van der Waals surface area (Å²) in [6.07, 6.45) is 2.44. The van der Waals surface area contributed by atoms with Crippen LogP contribution < -0.4 is 11.1 Å². The van der Waals surface area contributed by atoms with Crippen LogP contribution in [-0.4, -0.2) is 31.3 Å². The van der Waals surface area contributed by atoms with Gasteiger partial charge in [0.1, 0.15) is 23.0 Å². The van der Waals surface area contributed by atoms with Crippen molar-refractivity contribution in [2.45, 2.75) is 20.3 Å². The number of aromatic nitrogens is 4. The first-order chi connectivity index (χ1) is 9.49. The summed E-state index contributed by atoms with van der Waals surface area (Å²) in [7, 11) is 1.92. The van der Waals surface area contributed by atoms with E-state index in [0.29, 0.717) is 11.5 Å². The first-order valence-electron chi connectivity index (χ1n) is 6.34. The van der Waals surface area contributed by atoms with E-state index < -0.39 is 0 Å². The number of thiocarbonyl (C=S) groups is 1. The maximum atomic E-state index is 5.78. The van der Waals surface area contributed by atoms with E-state index in [-0.39, 0.29) is 0 Å². The molecule has 0 saturated heterocycles. The van der Waals surface area contributed by atoms with Crippen molar-refractivity contribution in [3.8, 4) is 0 Å². The minimum Gasteiger partial charge on any atom is -0.389 e. The fraction of sp³-hybridized carbons (Fsp3) is 0.385. The lowest BCUT2D eigenvalue weighted by molar-refractivity contribution is 0.787. The number of hydrogen-bond acceptors (Lipinski definition) is 5. The molecule has 0 saturated carbocycles. The Balaban J connectivity index is 2.13. The zero-order valence-corrected chi connectivity index (χ0v) is 12.7. The van der Waals surface area contributed by atoms with Gasteiger partial charge >= 0.3 is 0 Å². The number of aryl methyl sites for hydroxylation is 3. The van der Waals surface area contributed by atoms with E-state index in [1.165, 1.54) is 0 Å². The highest BCUT2D eigenvalue weighted by molar-refractivity contribution is 7.80. The summed E-state index contributed by atoms with van der Waals surface area (Å²) < 4.78 is 1.89. The first kappa shape index (κ1) is 14.4. The number of hydrogen-bond donors (Lipinski definition) is 2. The average Bonchev–Trinajstić information content (AvgIpc) is 2.73. The zero-order valence-electron chi connectivity index (χ0n) is 11.8. The van der Waals surface area contributed by atoms with Crippen molar-refractivity contribution in [1.29, 1.82) is 0 Å². The van der Waals surface area contributed by atoms with Crippen molar-refractivity contribution in [2.75, 3.05) is 11.9 Å². The molecule has 0 bridgehead atoms. The van der Waals surface area contributed by atoms with E-state index in [9.17, 15) is 0 Å². The molecule has 20 heavy (non-hydrogen) atoms. The molecule has 6 nitrogen and oxygen atoms in total. The van der Waals surface area contributed by atoms with E-state index in [0.717, 1.165) is 34.9 Å². The van der Waals surface area contributed by atoms with Crippen LogP contribution in [0.5, 0.6) is 0 Å². The number of nitrogens with zero attached hydrogens (tertiary/aromatic N) is 4. The number of nitrogens with one attached hydrogen (secondary N) is 1. The Labute approximate surface area is 123 Å². The molecule has 0 aliphatic rings. The molecule has 0 aliphatic heterocycles.